The topological polar surface area (TPSA) is 29.5 Å². The first-order valence-corrected chi connectivity index (χ1v) is 6.38. The van der Waals surface area contributed by atoms with E-state index in [1.165, 1.54) is 12.8 Å². The maximum Gasteiger partial charge on any atom is 0.0652 e. The van der Waals surface area contributed by atoms with Crippen LogP contribution in [-0.2, 0) is 4.74 Å². The molecule has 1 rings (SSSR count). The van der Waals surface area contributed by atoms with Crippen LogP contribution in [0.25, 0.3) is 0 Å². The molecule has 0 unspecified atom stereocenters. The second kappa shape index (κ2) is 5.86. The number of hydrogen-bond donors (Lipinski definition) is 1. The van der Waals surface area contributed by atoms with Crippen molar-refractivity contribution in [1.29, 1.82) is 0 Å². The van der Waals surface area contributed by atoms with Crippen molar-refractivity contribution in [1.82, 2.24) is 0 Å². The van der Waals surface area contributed by atoms with Gasteiger partial charge in [-0.1, -0.05) is 26.7 Å². The molecule has 90 valence electrons. The van der Waals surface area contributed by atoms with E-state index in [-0.39, 0.29) is 0 Å². The highest BCUT2D eigenvalue weighted by molar-refractivity contribution is 4.87. The number of ether oxygens (including phenoxy) is 1. The molecule has 0 aromatic carbocycles. The van der Waals surface area contributed by atoms with Gasteiger partial charge in [0.15, 0.2) is 0 Å². The quantitative estimate of drug-likeness (QED) is 0.762. The van der Waals surface area contributed by atoms with E-state index in [1.807, 2.05) is 0 Å². The summed E-state index contributed by atoms with van der Waals surface area (Å²) in [5.74, 6) is 0.689. The molecule has 0 heterocycles. The van der Waals surface area contributed by atoms with Crippen molar-refractivity contribution in [3.05, 3.63) is 0 Å². The molecule has 0 atom stereocenters. The normalized spacial score (nSPS) is 32.2. The second-order valence-corrected chi connectivity index (χ2v) is 5.05. The van der Waals surface area contributed by atoms with Gasteiger partial charge in [-0.3, -0.25) is 0 Å². The fraction of sp³-hybridized carbons (Fsp3) is 1.00. The zero-order valence-corrected chi connectivity index (χ0v) is 10.5. The summed E-state index contributed by atoms with van der Waals surface area (Å²) in [6, 6.07) is 0. The Bertz CT molecular complexity index is 167. The van der Waals surface area contributed by atoms with Gasteiger partial charge in [0.25, 0.3) is 0 Å². The molecule has 2 nitrogen and oxygen atoms in total. The van der Waals surface area contributed by atoms with Gasteiger partial charge in [0, 0.05) is 7.11 Å². The lowest BCUT2D eigenvalue weighted by atomic mass is 9.76. The van der Waals surface area contributed by atoms with Crippen molar-refractivity contribution in [2.24, 2.45) is 5.92 Å². The average molecular weight is 214 g/mol. The van der Waals surface area contributed by atoms with E-state index in [2.05, 4.69) is 13.8 Å². The maximum atomic E-state index is 10.5. The fourth-order valence-electron chi connectivity index (χ4n) is 2.68. The van der Waals surface area contributed by atoms with Crippen LogP contribution >= 0.6 is 0 Å². The molecule has 0 bridgehead atoms. The zero-order chi connectivity index (χ0) is 11.3. The third-order valence-corrected chi connectivity index (χ3v) is 4.02. The van der Waals surface area contributed by atoms with Crippen LogP contribution in [0.3, 0.4) is 0 Å². The molecule has 1 fully saturated rings. The molecule has 0 amide bonds. The average Bonchev–Trinajstić information content (AvgIpc) is 2.27. The van der Waals surface area contributed by atoms with Gasteiger partial charge in [0.1, 0.15) is 0 Å². The molecule has 1 aliphatic rings. The Morgan fingerprint density at radius 2 is 1.80 bits per heavy atom. The van der Waals surface area contributed by atoms with E-state index >= 15 is 0 Å². The molecule has 0 spiro atoms. The molecule has 15 heavy (non-hydrogen) atoms. The summed E-state index contributed by atoms with van der Waals surface area (Å²) in [5, 5.41) is 10.5. The van der Waals surface area contributed by atoms with Crippen molar-refractivity contribution < 1.29 is 9.84 Å². The highest BCUT2D eigenvalue weighted by Gasteiger charge is 2.34. The molecule has 2 heteroatoms. The predicted molar refractivity (Wildman–Crippen MR) is 62.9 cm³/mol. The van der Waals surface area contributed by atoms with Crippen molar-refractivity contribution in [3.8, 4) is 0 Å². The van der Waals surface area contributed by atoms with Crippen LogP contribution in [0.4, 0.5) is 0 Å². The number of rotatable bonds is 5. The minimum Gasteiger partial charge on any atom is -0.390 e. The Morgan fingerprint density at radius 3 is 2.20 bits per heavy atom. The summed E-state index contributed by atoms with van der Waals surface area (Å²) in [7, 11) is 1.77. The van der Waals surface area contributed by atoms with Gasteiger partial charge in [0.2, 0.25) is 0 Å². The standard InChI is InChI=1S/C13H26O2/c1-4-11(5-2)10-13(14)8-6-12(15-3)7-9-13/h11-12,14H,4-10H2,1-3H3. The van der Waals surface area contributed by atoms with E-state index in [4.69, 9.17) is 4.74 Å². The van der Waals surface area contributed by atoms with Crippen LogP contribution in [0.1, 0.15) is 58.8 Å². The first kappa shape index (κ1) is 13.0. The maximum absolute atomic E-state index is 10.5. The number of hydrogen-bond acceptors (Lipinski definition) is 2. The SMILES string of the molecule is CCC(CC)CC1(O)CCC(OC)CC1. The van der Waals surface area contributed by atoms with E-state index < -0.39 is 5.60 Å². The lowest BCUT2D eigenvalue weighted by molar-refractivity contribution is -0.0575. The molecular formula is C13H26O2. The van der Waals surface area contributed by atoms with Crippen molar-refractivity contribution in [2.75, 3.05) is 7.11 Å². The van der Waals surface area contributed by atoms with Gasteiger partial charge < -0.3 is 9.84 Å². The van der Waals surface area contributed by atoms with Crippen LogP contribution in [0, 0.1) is 5.92 Å². The fourth-order valence-corrected chi connectivity index (χ4v) is 2.68. The third-order valence-electron chi connectivity index (χ3n) is 4.02. The minimum absolute atomic E-state index is 0.381. The molecule has 1 saturated carbocycles. The number of methoxy groups -OCH3 is 1. The van der Waals surface area contributed by atoms with Crippen LogP contribution in [0.5, 0.6) is 0 Å². The highest BCUT2D eigenvalue weighted by Crippen LogP contribution is 2.35. The Balaban J connectivity index is 2.40. The molecule has 0 saturated heterocycles. The van der Waals surface area contributed by atoms with Gasteiger partial charge in [-0.15, -0.1) is 0 Å². The summed E-state index contributed by atoms with van der Waals surface area (Å²) in [4.78, 5) is 0. The van der Waals surface area contributed by atoms with Gasteiger partial charge in [0.05, 0.1) is 11.7 Å². The smallest absolute Gasteiger partial charge is 0.0652 e. The third kappa shape index (κ3) is 3.76. The summed E-state index contributed by atoms with van der Waals surface area (Å²) in [5.41, 5.74) is -0.397. The van der Waals surface area contributed by atoms with Gasteiger partial charge >= 0.3 is 0 Å². The van der Waals surface area contributed by atoms with E-state index in [1.54, 1.807) is 7.11 Å². The summed E-state index contributed by atoms with van der Waals surface area (Å²) < 4.78 is 5.33. The molecular weight excluding hydrogens is 188 g/mol. The Kier molecular flexibility index (Phi) is 5.07. The summed E-state index contributed by atoms with van der Waals surface area (Å²) >= 11 is 0. The largest absolute Gasteiger partial charge is 0.390 e. The molecule has 0 aromatic rings. The molecule has 0 aliphatic heterocycles. The monoisotopic (exact) mass is 214 g/mol. The zero-order valence-electron chi connectivity index (χ0n) is 10.5. The second-order valence-electron chi connectivity index (χ2n) is 5.05. The predicted octanol–water partition coefficient (Wildman–Crippen LogP) is 3.13. The van der Waals surface area contributed by atoms with Gasteiger partial charge in [-0.2, -0.15) is 0 Å². The lowest BCUT2D eigenvalue weighted by Crippen LogP contribution is -2.38. The van der Waals surface area contributed by atoms with Gasteiger partial charge in [-0.25, -0.2) is 0 Å². The van der Waals surface area contributed by atoms with Crippen LogP contribution < -0.4 is 0 Å². The Labute approximate surface area is 94.0 Å². The molecule has 0 aromatic heterocycles. The molecule has 0 radical (unpaired) electrons. The molecule has 1 aliphatic carbocycles. The number of aliphatic hydroxyl groups is 1. The Hall–Kier alpha value is -0.0800. The highest BCUT2D eigenvalue weighted by atomic mass is 16.5. The minimum atomic E-state index is -0.397. The van der Waals surface area contributed by atoms with E-state index in [9.17, 15) is 5.11 Å². The van der Waals surface area contributed by atoms with Crippen LogP contribution in [-0.4, -0.2) is 23.9 Å². The Morgan fingerprint density at radius 1 is 1.27 bits per heavy atom. The van der Waals surface area contributed by atoms with Crippen LogP contribution in [0.15, 0.2) is 0 Å². The summed E-state index contributed by atoms with van der Waals surface area (Å²) in [6.45, 7) is 4.44. The first-order chi connectivity index (χ1) is 7.13. The summed E-state index contributed by atoms with van der Waals surface area (Å²) in [6.07, 6.45) is 7.62. The van der Waals surface area contributed by atoms with E-state index in [0.717, 1.165) is 32.1 Å². The van der Waals surface area contributed by atoms with Crippen molar-refractivity contribution in [3.63, 3.8) is 0 Å². The van der Waals surface area contributed by atoms with Crippen molar-refractivity contribution in [2.45, 2.75) is 70.5 Å². The van der Waals surface area contributed by atoms with Gasteiger partial charge in [-0.05, 0) is 38.0 Å². The van der Waals surface area contributed by atoms with Crippen LogP contribution in [0.2, 0.25) is 0 Å². The van der Waals surface area contributed by atoms with E-state index in [0.29, 0.717) is 12.0 Å². The lowest BCUT2D eigenvalue weighted by Gasteiger charge is -2.37. The van der Waals surface area contributed by atoms with Crippen molar-refractivity contribution >= 4 is 0 Å². The first-order valence-electron chi connectivity index (χ1n) is 6.38. The molecule has 1 N–H and O–H groups in total.